The molecule has 1 aromatic carbocycles. The number of H-pyrrole nitrogens is 1. The molecule has 0 amide bonds. The number of esters is 1. The van der Waals surface area contributed by atoms with Crippen LogP contribution in [0.5, 0.6) is 0 Å². The first kappa shape index (κ1) is 16.5. The van der Waals surface area contributed by atoms with Gasteiger partial charge in [-0.1, -0.05) is 0 Å². The Morgan fingerprint density at radius 3 is 3.08 bits per heavy atom. The summed E-state index contributed by atoms with van der Waals surface area (Å²) in [7, 11) is 1.38. The smallest absolute Gasteiger partial charge is 0.337 e. The summed E-state index contributed by atoms with van der Waals surface area (Å²) < 4.78 is 4.82. The topological polar surface area (TPSA) is 91.9 Å². The van der Waals surface area contributed by atoms with Crippen molar-refractivity contribution in [3.8, 4) is 11.3 Å². The molecule has 26 heavy (non-hydrogen) atoms. The van der Waals surface area contributed by atoms with Gasteiger partial charge in [0.05, 0.1) is 18.4 Å². The first-order valence-electron chi connectivity index (χ1n) is 8.75. The fourth-order valence-corrected chi connectivity index (χ4v) is 3.31. The summed E-state index contributed by atoms with van der Waals surface area (Å²) >= 11 is 0. The van der Waals surface area contributed by atoms with E-state index in [9.17, 15) is 4.79 Å². The van der Waals surface area contributed by atoms with Crippen LogP contribution in [0.25, 0.3) is 22.2 Å². The maximum Gasteiger partial charge on any atom is 0.337 e. The Balaban J connectivity index is 1.66. The maximum absolute atomic E-state index is 11.8. The SMILES string of the molecule is COC(=O)c1ccc2[nH]cc(-c3ccnc(N[C@@H]4CCCNC4)n3)c2c1. The van der Waals surface area contributed by atoms with Gasteiger partial charge >= 0.3 is 5.97 Å². The molecule has 0 radical (unpaired) electrons. The van der Waals surface area contributed by atoms with Crippen LogP contribution in [0.3, 0.4) is 0 Å². The van der Waals surface area contributed by atoms with E-state index in [2.05, 4.69) is 25.6 Å². The minimum atomic E-state index is -0.353. The van der Waals surface area contributed by atoms with Crippen LogP contribution in [-0.2, 0) is 4.74 Å². The summed E-state index contributed by atoms with van der Waals surface area (Å²) in [5.74, 6) is 0.267. The molecule has 1 atom stereocenters. The van der Waals surface area contributed by atoms with Crippen LogP contribution in [0.15, 0.2) is 36.7 Å². The lowest BCUT2D eigenvalue weighted by Gasteiger charge is -2.23. The average molecular weight is 351 g/mol. The summed E-state index contributed by atoms with van der Waals surface area (Å²) in [6.45, 7) is 1.99. The van der Waals surface area contributed by atoms with Crippen molar-refractivity contribution in [2.45, 2.75) is 18.9 Å². The van der Waals surface area contributed by atoms with Gasteiger partial charge in [0.25, 0.3) is 0 Å². The van der Waals surface area contributed by atoms with E-state index in [-0.39, 0.29) is 5.97 Å². The Morgan fingerprint density at radius 2 is 2.27 bits per heavy atom. The summed E-state index contributed by atoms with van der Waals surface area (Å²) in [5, 5.41) is 7.71. The molecule has 7 nitrogen and oxygen atoms in total. The standard InChI is InChI=1S/C19H21N5O2/c1-26-18(25)12-4-5-16-14(9-12)15(11-22-16)17-6-8-21-19(24-17)23-13-3-2-7-20-10-13/h4-6,8-9,11,13,20,22H,2-3,7,10H2,1H3,(H,21,23,24)/t13-/m1/s1. The second-order valence-corrected chi connectivity index (χ2v) is 6.41. The van der Waals surface area contributed by atoms with E-state index in [0.29, 0.717) is 17.6 Å². The molecule has 2 aromatic heterocycles. The molecular weight excluding hydrogens is 330 g/mol. The molecule has 1 aliphatic rings. The number of aromatic amines is 1. The summed E-state index contributed by atoms with van der Waals surface area (Å²) in [5.41, 5.74) is 3.19. The number of methoxy groups -OCH3 is 1. The second kappa shape index (κ2) is 7.13. The molecule has 0 aliphatic carbocycles. The van der Waals surface area contributed by atoms with Crippen molar-refractivity contribution in [1.82, 2.24) is 20.3 Å². The lowest BCUT2D eigenvalue weighted by atomic mass is 10.1. The zero-order chi connectivity index (χ0) is 17.9. The van der Waals surface area contributed by atoms with Crippen molar-refractivity contribution in [2.24, 2.45) is 0 Å². The second-order valence-electron chi connectivity index (χ2n) is 6.41. The van der Waals surface area contributed by atoms with E-state index in [4.69, 9.17) is 4.74 Å². The predicted molar refractivity (Wildman–Crippen MR) is 100 cm³/mol. The van der Waals surface area contributed by atoms with Gasteiger partial charge in [-0.2, -0.15) is 0 Å². The highest BCUT2D eigenvalue weighted by atomic mass is 16.5. The Labute approximate surface area is 151 Å². The molecule has 134 valence electrons. The first-order valence-corrected chi connectivity index (χ1v) is 8.75. The Kier molecular flexibility index (Phi) is 4.53. The molecular formula is C19H21N5O2. The predicted octanol–water partition coefficient (Wildman–Crippen LogP) is 2.58. The van der Waals surface area contributed by atoms with E-state index in [1.54, 1.807) is 12.3 Å². The normalized spacial score (nSPS) is 17.2. The Morgan fingerprint density at radius 1 is 1.35 bits per heavy atom. The summed E-state index contributed by atoms with van der Waals surface area (Å²) in [6, 6.07) is 7.66. The minimum Gasteiger partial charge on any atom is -0.465 e. The highest BCUT2D eigenvalue weighted by molar-refractivity contribution is 6.00. The molecule has 3 aromatic rings. The summed E-state index contributed by atoms with van der Waals surface area (Å²) in [6.07, 6.45) is 5.91. The number of carbonyl (C=O) groups excluding carboxylic acids is 1. The number of hydrogen-bond acceptors (Lipinski definition) is 6. The number of rotatable bonds is 4. The number of hydrogen-bond donors (Lipinski definition) is 3. The highest BCUT2D eigenvalue weighted by Crippen LogP contribution is 2.28. The van der Waals surface area contributed by atoms with Gasteiger partial charge in [0, 0.05) is 41.4 Å². The molecule has 0 unspecified atom stereocenters. The molecule has 1 fully saturated rings. The molecule has 7 heteroatoms. The number of benzene rings is 1. The highest BCUT2D eigenvalue weighted by Gasteiger charge is 2.15. The van der Waals surface area contributed by atoms with Crippen LogP contribution in [0.2, 0.25) is 0 Å². The van der Waals surface area contributed by atoms with Gasteiger partial charge in [-0.25, -0.2) is 14.8 Å². The molecule has 3 heterocycles. The maximum atomic E-state index is 11.8. The van der Waals surface area contributed by atoms with Crippen LogP contribution < -0.4 is 10.6 Å². The number of anilines is 1. The average Bonchev–Trinajstić information content (AvgIpc) is 3.11. The van der Waals surface area contributed by atoms with E-state index >= 15 is 0 Å². The van der Waals surface area contributed by atoms with Gasteiger partial charge in [0.15, 0.2) is 0 Å². The summed E-state index contributed by atoms with van der Waals surface area (Å²) in [4.78, 5) is 24.1. The molecule has 0 bridgehead atoms. The number of aromatic nitrogens is 3. The third kappa shape index (κ3) is 3.25. The van der Waals surface area contributed by atoms with Crippen LogP contribution in [-0.4, -0.2) is 47.2 Å². The molecule has 0 saturated carbocycles. The quantitative estimate of drug-likeness (QED) is 0.626. The fourth-order valence-electron chi connectivity index (χ4n) is 3.31. The third-order valence-corrected chi connectivity index (χ3v) is 4.66. The van der Waals surface area contributed by atoms with E-state index in [0.717, 1.165) is 48.1 Å². The lowest BCUT2D eigenvalue weighted by Crippen LogP contribution is -2.38. The lowest BCUT2D eigenvalue weighted by molar-refractivity contribution is 0.0601. The zero-order valence-corrected chi connectivity index (χ0v) is 14.6. The van der Waals surface area contributed by atoms with Gasteiger partial charge in [0.2, 0.25) is 5.95 Å². The van der Waals surface area contributed by atoms with Crippen molar-refractivity contribution in [3.63, 3.8) is 0 Å². The molecule has 4 rings (SSSR count). The number of carbonyl (C=O) groups is 1. The zero-order valence-electron chi connectivity index (χ0n) is 14.6. The van der Waals surface area contributed by atoms with Gasteiger partial charge in [-0.3, -0.25) is 0 Å². The van der Waals surface area contributed by atoms with Gasteiger partial charge < -0.3 is 20.4 Å². The van der Waals surface area contributed by atoms with Crippen molar-refractivity contribution in [2.75, 3.05) is 25.5 Å². The van der Waals surface area contributed by atoms with Gasteiger partial charge in [0.1, 0.15) is 0 Å². The largest absolute Gasteiger partial charge is 0.465 e. The van der Waals surface area contributed by atoms with Gasteiger partial charge in [-0.05, 0) is 43.7 Å². The number of fused-ring (bicyclic) bond motifs is 1. The first-order chi connectivity index (χ1) is 12.7. The van der Waals surface area contributed by atoms with Crippen LogP contribution >= 0.6 is 0 Å². The van der Waals surface area contributed by atoms with Crippen molar-refractivity contribution < 1.29 is 9.53 Å². The number of nitrogens with zero attached hydrogens (tertiary/aromatic N) is 2. The van der Waals surface area contributed by atoms with Crippen LogP contribution in [0.4, 0.5) is 5.95 Å². The fraction of sp³-hybridized carbons (Fsp3) is 0.316. The van der Waals surface area contributed by atoms with Crippen molar-refractivity contribution in [3.05, 3.63) is 42.2 Å². The molecule has 3 N–H and O–H groups in total. The van der Waals surface area contributed by atoms with Crippen LogP contribution in [0.1, 0.15) is 23.2 Å². The van der Waals surface area contributed by atoms with E-state index < -0.39 is 0 Å². The van der Waals surface area contributed by atoms with E-state index in [1.807, 2.05) is 24.4 Å². The molecule has 1 aliphatic heterocycles. The minimum absolute atomic E-state index is 0.341. The third-order valence-electron chi connectivity index (χ3n) is 4.66. The molecule has 0 spiro atoms. The Hall–Kier alpha value is -2.93. The number of piperidine rings is 1. The van der Waals surface area contributed by atoms with Crippen molar-refractivity contribution >= 4 is 22.8 Å². The van der Waals surface area contributed by atoms with E-state index in [1.165, 1.54) is 7.11 Å². The van der Waals surface area contributed by atoms with Crippen LogP contribution in [0, 0.1) is 0 Å². The Bertz CT molecular complexity index is 931. The monoisotopic (exact) mass is 351 g/mol. The number of ether oxygens (including phenoxy) is 1. The number of nitrogens with one attached hydrogen (secondary N) is 3. The van der Waals surface area contributed by atoms with Gasteiger partial charge in [-0.15, -0.1) is 0 Å². The molecule has 1 saturated heterocycles. The van der Waals surface area contributed by atoms with Crippen molar-refractivity contribution in [1.29, 1.82) is 0 Å².